The monoisotopic (exact) mass is 302 g/mol. The average Bonchev–Trinajstić information content (AvgIpc) is 2.38. The van der Waals surface area contributed by atoms with Crippen LogP contribution in [0.1, 0.15) is 23.2 Å². The zero-order valence-corrected chi connectivity index (χ0v) is 12.2. The molecule has 0 spiro atoms. The molecule has 2 heterocycles. The highest BCUT2D eigenvalue weighted by molar-refractivity contribution is 6.33. The van der Waals surface area contributed by atoms with Crippen molar-refractivity contribution in [3.8, 4) is 0 Å². The molecule has 0 saturated carbocycles. The SMILES string of the molecule is COCC1CCN(C(=O)c2cc(Cl)nc(Cl)c2)CC1. The predicted octanol–water partition coefficient (Wildman–Crippen LogP) is 2.89. The second-order valence-corrected chi connectivity index (χ2v) is 5.47. The first-order chi connectivity index (χ1) is 9.10. The Morgan fingerprint density at radius 2 is 1.95 bits per heavy atom. The lowest BCUT2D eigenvalue weighted by Gasteiger charge is -2.31. The van der Waals surface area contributed by atoms with Crippen molar-refractivity contribution in [1.82, 2.24) is 9.88 Å². The lowest BCUT2D eigenvalue weighted by Crippen LogP contribution is -2.39. The van der Waals surface area contributed by atoms with Crippen LogP contribution < -0.4 is 0 Å². The Morgan fingerprint density at radius 3 is 2.47 bits per heavy atom. The lowest BCUT2D eigenvalue weighted by atomic mass is 9.97. The quantitative estimate of drug-likeness (QED) is 0.806. The van der Waals surface area contributed by atoms with Gasteiger partial charge in [0.1, 0.15) is 10.3 Å². The van der Waals surface area contributed by atoms with Crippen LogP contribution in [0.15, 0.2) is 12.1 Å². The van der Waals surface area contributed by atoms with Crippen molar-refractivity contribution in [2.75, 3.05) is 26.8 Å². The number of hydrogen-bond acceptors (Lipinski definition) is 3. The molecule has 104 valence electrons. The number of rotatable bonds is 3. The summed E-state index contributed by atoms with van der Waals surface area (Å²) in [6.07, 6.45) is 1.93. The Morgan fingerprint density at radius 1 is 1.37 bits per heavy atom. The smallest absolute Gasteiger partial charge is 0.254 e. The largest absolute Gasteiger partial charge is 0.384 e. The Kier molecular flexibility index (Phi) is 5.02. The number of halogens is 2. The van der Waals surface area contributed by atoms with E-state index in [9.17, 15) is 4.79 Å². The Balaban J connectivity index is 2.01. The molecule has 6 heteroatoms. The molecular formula is C13H16Cl2N2O2. The van der Waals surface area contributed by atoms with Gasteiger partial charge in [0.15, 0.2) is 0 Å². The van der Waals surface area contributed by atoms with Crippen molar-refractivity contribution in [3.05, 3.63) is 28.0 Å². The van der Waals surface area contributed by atoms with Crippen LogP contribution in [0.3, 0.4) is 0 Å². The van der Waals surface area contributed by atoms with Crippen LogP contribution >= 0.6 is 23.2 Å². The van der Waals surface area contributed by atoms with Crippen LogP contribution in [0.25, 0.3) is 0 Å². The summed E-state index contributed by atoms with van der Waals surface area (Å²) in [4.78, 5) is 18.0. The van der Waals surface area contributed by atoms with Crippen LogP contribution in [0, 0.1) is 5.92 Å². The number of carbonyl (C=O) groups excluding carboxylic acids is 1. The minimum absolute atomic E-state index is 0.0398. The first-order valence-corrected chi connectivity index (χ1v) is 6.97. The van der Waals surface area contributed by atoms with Gasteiger partial charge in [-0.15, -0.1) is 0 Å². The van der Waals surface area contributed by atoms with Gasteiger partial charge in [0.2, 0.25) is 0 Å². The number of aromatic nitrogens is 1. The van der Waals surface area contributed by atoms with Crippen molar-refractivity contribution in [2.24, 2.45) is 5.92 Å². The van der Waals surface area contributed by atoms with Crippen LogP contribution in [0.4, 0.5) is 0 Å². The highest BCUT2D eigenvalue weighted by Gasteiger charge is 2.24. The molecule has 0 atom stereocenters. The number of carbonyl (C=O) groups is 1. The third-order valence-electron chi connectivity index (χ3n) is 3.31. The first kappa shape index (κ1) is 14.6. The fourth-order valence-electron chi connectivity index (χ4n) is 2.31. The molecule has 0 N–H and O–H groups in total. The number of ether oxygens (including phenoxy) is 1. The molecule has 1 aliphatic rings. The molecule has 4 nitrogen and oxygen atoms in total. The van der Waals surface area contributed by atoms with E-state index in [1.807, 2.05) is 4.90 Å². The molecule has 1 amide bonds. The molecule has 2 rings (SSSR count). The summed E-state index contributed by atoms with van der Waals surface area (Å²) in [6.45, 7) is 2.24. The summed E-state index contributed by atoms with van der Waals surface area (Å²) >= 11 is 11.6. The average molecular weight is 303 g/mol. The van der Waals surface area contributed by atoms with Gasteiger partial charge in [-0.25, -0.2) is 4.98 Å². The van der Waals surface area contributed by atoms with Crippen molar-refractivity contribution >= 4 is 29.1 Å². The molecule has 1 saturated heterocycles. The second kappa shape index (κ2) is 6.55. The summed E-state index contributed by atoms with van der Waals surface area (Å²) < 4.78 is 5.15. The summed E-state index contributed by atoms with van der Waals surface area (Å²) in [5.41, 5.74) is 0.496. The number of methoxy groups -OCH3 is 1. The van der Waals surface area contributed by atoms with Gasteiger partial charge in [0, 0.05) is 32.4 Å². The first-order valence-electron chi connectivity index (χ1n) is 6.21. The summed E-state index contributed by atoms with van der Waals surface area (Å²) in [6, 6.07) is 3.11. The molecule has 0 bridgehead atoms. The summed E-state index contributed by atoms with van der Waals surface area (Å²) in [5.74, 6) is 0.501. The zero-order chi connectivity index (χ0) is 13.8. The predicted molar refractivity (Wildman–Crippen MR) is 74.8 cm³/mol. The minimum atomic E-state index is -0.0398. The van der Waals surface area contributed by atoms with E-state index in [1.165, 1.54) is 0 Å². The molecule has 1 aromatic rings. The van der Waals surface area contributed by atoms with Crippen LogP contribution in [-0.4, -0.2) is 42.6 Å². The van der Waals surface area contributed by atoms with E-state index in [2.05, 4.69) is 4.98 Å². The third kappa shape index (κ3) is 3.81. The van der Waals surface area contributed by atoms with Crippen molar-refractivity contribution in [1.29, 1.82) is 0 Å². The van der Waals surface area contributed by atoms with E-state index in [0.717, 1.165) is 32.5 Å². The summed E-state index contributed by atoms with van der Waals surface area (Å²) in [5, 5.41) is 0.482. The molecule has 19 heavy (non-hydrogen) atoms. The second-order valence-electron chi connectivity index (χ2n) is 4.69. The normalized spacial score (nSPS) is 16.7. The number of nitrogens with zero attached hydrogens (tertiary/aromatic N) is 2. The minimum Gasteiger partial charge on any atom is -0.384 e. The Hall–Kier alpha value is -0.840. The fourth-order valence-corrected chi connectivity index (χ4v) is 2.77. The van der Waals surface area contributed by atoms with Gasteiger partial charge in [-0.05, 0) is 30.9 Å². The van der Waals surface area contributed by atoms with E-state index in [0.29, 0.717) is 11.5 Å². The maximum absolute atomic E-state index is 12.3. The number of likely N-dealkylation sites (tertiary alicyclic amines) is 1. The van der Waals surface area contributed by atoms with Gasteiger partial charge in [0.05, 0.1) is 0 Å². The van der Waals surface area contributed by atoms with Gasteiger partial charge in [-0.2, -0.15) is 0 Å². The highest BCUT2D eigenvalue weighted by atomic mass is 35.5. The van der Waals surface area contributed by atoms with E-state index in [1.54, 1.807) is 19.2 Å². The summed E-state index contributed by atoms with van der Waals surface area (Å²) in [7, 11) is 1.71. The lowest BCUT2D eigenvalue weighted by molar-refractivity contribution is 0.0613. The third-order valence-corrected chi connectivity index (χ3v) is 3.70. The van der Waals surface area contributed by atoms with Crippen LogP contribution in [-0.2, 0) is 4.74 Å². The van der Waals surface area contributed by atoms with Crippen molar-refractivity contribution in [2.45, 2.75) is 12.8 Å². The molecular weight excluding hydrogens is 287 g/mol. The van der Waals surface area contributed by atoms with E-state index < -0.39 is 0 Å². The van der Waals surface area contributed by atoms with Crippen LogP contribution in [0.2, 0.25) is 10.3 Å². The topological polar surface area (TPSA) is 42.4 Å². The number of piperidine rings is 1. The molecule has 1 fully saturated rings. The van der Waals surface area contributed by atoms with E-state index >= 15 is 0 Å². The number of amides is 1. The van der Waals surface area contributed by atoms with E-state index in [-0.39, 0.29) is 16.2 Å². The Labute approximate surface area is 122 Å². The molecule has 0 radical (unpaired) electrons. The number of hydrogen-bond donors (Lipinski definition) is 0. The van der Waals surface area contributed by atoms with Crippen LogP contribution in [0.5, 0.6) is 0 Å². The van der Waals surface area contributed by atoms with Crippen molar-refractivity contribution in [3.63, 3.8) is 0 Å². The maximum Gasteiger partial charge on any atom is 0.254 e. The van der Waals surface area contributed by atoms with Gasteiger partial charge in [-0.3, -0.25) is 4.79 Å². The van der Waals surface area contributed by atoms with Gasteiger partial charge in [-0.1, -0.05) is 23.2 Å². The van der Waals surface area contributed by atoms with Gasteiger partial charge in [0.25, 0.3) is 5.91 Å². The standard InChI is InChI=1S/C13H16Cl2N2O2/c1-19-8-9-2-4-17(5-3-9)13(18)10-6-11(14)16-12(15)7-10/h6-7,9H,2-5,8H2,1H3. The van der Waals surface area contributed by atoms with Gasteiger partial charge < -0.3 is 9.64 Å². The molecule has 0 aliphatic carbocycles. The Bertz CT molecular complexity index is 440. The van der Waals surface area contributed by atoms with E-state index in [4.69, 9.17) is 27.9 Å². The zero-order valence-electron chi connectivity index (χ0n) is 10.7. The molecule has 1 aliphatic heterocycles. The fraction of sp³-hybridized carbons (Fsp3) is 0.538. The molecule has 1 aromatic heterocycles. The maximum atomic E-state index is 12.3. The number of pyridine rings is 1. The highest BCUT2D eigenvalue weighted by Crippen LogP contribution is 2.21. The molecule has 0 aromatic carbocycles. The molecule has 0 unspecified atom stereocenters. The van der Waals surface area contributed by atoms with Gasteiger partial charge >= 0.3 is 0 Å². The van der Waals surface area contributed by atoms with Crippen molar-refractivity contribution < 1.29 is 9.53 Å².